The van der Waals surface area contributed by atoms with Crippen molar-refractivity contribution in [3.63, 3.8) is 0 Å². The highest BCUT2D eigenvalue weighted by Gasteiger charge is 2.03. The maximum Gasteiger partial charge on any atom is 0.0473 e. The van der Waals surface area contributed by atoms with Gasteiger partial charge in [0.15, 0.2) is 0 Å². The summed E-state index contributed by atoms with van der Waals surface area (Å²) in [5.41, 5.74) is 2.47. The van der Waals surface area contributed by atoms with Crippen molar-refractivity contribution in [1.29, 1.82) is 0 Å². The summed E-state index contributed by atoms with van der Waals surface area (Å²) in [6.45, 7) is 5.20. The first kappa shape index (κ1) is 12.5. The van der Waals surface area contributed by atoms with Gasteiger partial charge in [-0.25, -0.2) is 0 Å². The van der Waals surface area contributed by atoms with Gasteiger partial charge in [-0.05, 0) is 36.1 Å². The number of nitrogens with one attached hydrogen (secondary N) is 1. The van der Waals surface area contributed by atoms with E-state index < -0.39 is 0 Å². The predicted octanol–water partition coefficient (Wildman–Crippen LogP) is 3.05. The van der Waals surface area contributed by atoms with Gasteiger partial charge >= 0.3 is 0 Å². The van der Waals surface area contributed by atoms with E-state index in [1.165, 1.54) is 11.3 Å². The highest BCUT2D eigenvalue weighted by Crippen LogP contribution is 2.21. The molecule has 15 heavy (non-hydrogen) atoms. The molecule has 0 aliphatic heterocycles. The SMILES string of the molecule is CCc1cc(Br)ccc1NCC(C)CO. The molecule has 0 spiro atoms. The van der Waals surface area contributed by atoms with Gasteiger partial charge in [-0.3, -0.25) is 0 Å². The van der Waals surface area contributed by atoms with Crippen molar-refractivity contribution in [1.82, 2.24) is 0 Å². The molecule has 1 aromatic rings. The lowest BCUT2D eigenvalue weighted by molar-refractivity contribution is 0.244. The van der Waals surface area contributed by atoms with E-state index in [9.17, 15) is 0 Å². The Morgan fingerprint density at radius 3 is 2.80 bits per heavy atom. The van der Waals surface area contributed by atoms with Crippen LogP contribution in [0.15, 0.2) is 22.7 Å². The van der Waals surface area contributed by atoms with Crippen molar-refractivity contribution in [2.45, 2.75) is 20.3 Å². The van der Waals surface area contributed by atoms with Crippen LogP contribution in [0.5, 0.6) is 0 Å². The van der Waals surface area contributed by atoms with Crippen molar-refractivity contribution in [2.24, 2.45) is 5.92 Å². The number of benzene rings is 1. The lowest BCUT2D eigenvalue weighted by atomic mass is 10.1. The van der Waals surface area contributed by atoms with Gasteiger partial charge in [-0.2, -0.15) is 0 Å². The molecule has 2 N–H and O–H groups in total. The number of rotatable bonds is 5. The van der Waals surface area contributed by atoms with Crippen LogP contribution in [0, 0.1) is 5.92 Å². The molecule has 84 valence electrons. The lowest BCUT2D eigenvalue weighted by Gasteiger charge is -2.14. The van der Waals surface area contributed by atoms with Crippen molar-refractivity contribution in [2.75, 3.05) is 18.5 Å². The van der Waals surface area contributed by atoms with Crippen LogP contribution in [0.25, 0.3) is 0 Å². The van der Waals surface area contributed by atoms with Crippen LogP contribution in [0.3, 0.4) is 0 Å². The zero-order chi connectivity index (χ0) is 11.3. The maximum absolute atomic E-state index is 8.94. The molecule has 3 heteroatoms. The van der Waals surface area contributed by atoms with E-state index in [0.717, 1.165) is 17.4 Å². The Hall–Kier alpha value is -0.540. The van der Waals surface area contributed by atoms with Crippen molar-refractivity contribution >= 4 is 21.6 Å². The molecule has 1 aromatic carbocycles. The minimum absolute atomic E-state index is 0.227. The van der Waals surface area contributed by atoms with Gasteiger partial charge in [0, 0.05) is 23.3 Å². The van der Waals surface area contributed by atoms with Crippen LogP contribution < -0.4 is 5.32 Å². The summed E-state index contributed by atoms with van der Waals surface area (Å²) >= 11 is 3.46. The van der Waals surface area contributed by atoms with Crippen molar-refractivity contribution in [3.05, 3.63) is 28.2 Å². The van der Waals surface area contributed by atoms with Crippen LogP contribution in [0.1, 0.15) is 19.4 Å². The number of hydrogen-bond acceptors (Lipinski definition) is 2. The molecule has 0 radical (unpaired) electrons. The minimum atomic E-state index is 0.227. The zero-order valence-electron chi connectivity index (χ0n) is 9.26. The molecule has 0 aliphatic rings. The van der Waals surface area contributed by atoms with E-state index in [4.69, 9.17) is 5.11 Å². The highest BCUT2D eigenvalue weighted by atomic mass is 79.9. The second-order valence-corrected chi connectivity index (χ2v) is 4.74. The standard InChI is InChI=1S/C12H18BrNO/c1-3-10-6-11(13)4-5-12(10)14-7-9(2)8-15/h4-6,9,14-15H,3,7-8H2,1-2H3. The number of hydrogen-bond donors (Lipinski definition) is 2. The molecule has 2 nitrogen and oxygen atoms in total. The normalized spacial score (nSPS) is 12.5. The topological polar surface area (TPSA) is 32.3 Å². The Morgan fingerprint density at radius 2 is 2.20 bits per heavy atom. The summed E-state index contributed by atoms with van der Waals surface area (Å²) in [6, 6.07) is 6.24. The average molecular weight is 272 g/mol. The van der Waals surface area contributed by atoms with E-state index in [-0.39, 0.29) is 6.61 Å². The highest BCUT2D eigenvalue weighted by molar-refractivity contribution is 9.10. The van der Waals surface area contributed by atoms with Gasteiger partial charge in [-0.15, -0.1) is 0 Å². The molecular weight excluding hydrogens is 254 g/mol. The number of aliphatic hydroxyl groups excluding tert-OH is 1. The Balaban J connectivity index is 2.67. The second kappa shape index (κ2) is 6.13. The van der Waals surface area contributed by atoms with E-state index in [1.807, 2.05) is 13.0 Å². The van der Waals surface area contributed by atoms with Crippen molar-refractivity contribution in [3.8, 4) is 0 Å². The van der Waals surface area contributed by atoms with Gasteiger partial charge < -0.3 is 10.4 Å². The number of halogens is 1. The fourth-order valence-electron chi connectivity index (χ4n) is 1.38. The molecule has 0 aromatic heterocycles. The molecule has 0 heterocycles. The van der Waals surface area contributed by atoms with Crippen LogP contribution >= 0.6 is 15.9 Å². The molecule has 0 saturated heterocycles. The van der Waals surface area contributed by atoms with Gasteiger partial charge in [0.25, 0.3) is 0 Å². The molecular formula is C12H18BrNO. The van der Waals surface area contributed by atoms with E-state index in [2.05, 4.69) is 40.3 Å². The molecule has 1 atom stereocenters. The Kier molecular flexibility index (Phi) is 5.12. The number of aryl methyl sites for hydroxylation is 1. The number of aliphatic hydroxyl groups is 1. The van der Waals surface area contributed by atoms with E-state index in [1.54, 1.807) is 0 Å². The van der Waals surface area contributed by atoms with Crippen LogP contribution in [-0.4, -0.2) is 18.3 Å². The summed E-state index contributed by atoms with van der Waals surface area (Å²) in [5.74, 6) is 0.290. The van der Waals surface area contributed by atoms with E-state index in [0.29, 0.717) is 5.92 Å². The molecule has 0 aliphatic carbocycles. The molecule has 0 bridgehead atoms. The second-order valence-electron chi connectivity index (χ2n) is 3.82. The predicted molar refractivity (Wildman–Crippen MR) is 68.3 cm³/mol. The first-order chi connectivity index (χ1) is 7.17. The van der Waals surface area contributed by atoms with Crippen LogP contribution in [0.4, 0.5) is 5.69 Å². The van der Waals surface area contributed by atoms with E-state index >= 15 is 0 Å². The molecule has 0 amide bonds. The third-order valence-corrected chi connectivity index (χ3v) is 2.89. The van der Waals surface area contributed by atoms with Crippen LogP contribution in [0.2, 0.25) is 0 Å². The van der Waals surface area contributed by atoms with Gasteiger partial charge in [-0.1, -0.05) is 29.8 Å². The first-order valence-corrected chi connectivity index (χ1v) is 6.09. The Bertz CT molecular complexity index is 314. The average Bonchev–Trinajstić information content (AvgIpc) is 2.26. The maximum atomic E-state index is 8.94. The summed E-state index contributed by atoms with van der Waals surface area (Å²) < 4.78 is 1.11. The third kappa shape index (κ3) is 3.84. The smallest absolute Gasteiger partial charge is 0.0473 e. The summed E-state index contributed by atoms with van der Waals surface area (Å²) in [7, 11) is 0. The minimum Gasteiger partial charge on any atom is -0.396 e. The summed E-state index contributed by atoms with van der Waals surface area (Å²) in [6.07, 6.45) is 1.01. The molecule has 0 fully saturated rings. The molecule has 1 unspecified atom stereocenters. The van der Waals surface area contributed by atoms with Crippen LogP contribution in [-0.2, 0) is 6.42 Å². The third-order valence-electron chi connectivity index (χ3n) is 2.40. The largest absolute Gasteiger partial charge is 0.396 e. The van der Waals surface area contributed by atoms with Gasteiger partial charge in [0.05, 0.1) is 0 Å². The first-order valence-electron chi connectivity index (χ1n) is 5.30. The quantitative estimate of drug-likeness (QED) is 0.863. The summed E-state index contributed by atoms with van der Waals surface area (Å²) in [5, 5.41) is 12.3. The summed E-state index contributed by atoms with van der Waals surface area (Å²) in [4.78, 5) is 0. The molecule has 0 saturated carbocycles. The molecule has 1 rings (SSSR count). The monoisotopic (exact) mass is 271 g/mol. The van der Waals surface area contributed by atoms with Gasteiger partial charge in [0.2, 0.25) is 0 Å². The lowest BCUT2D eigenvalue weighted by Crippen LogP contribution is -2.15. The number of anilines is 1. The van der Waals surface area contributed by atoms with Gasteiger partial charge in [0.1, 0.15) is 0 Å². The van der Waals surface area contributed by atoms with Crippen molar-refractivity contribution < 1.29 is 5.11 Å². The Labute approximate surface area is 99.8 Å². The fraction of sp³-hybridized carbons (Fsp3) is 0.500. The fourth-order valence-corrected chi connectivity index (χ4v) is 1.78. The zero-order valence-corrected chi connectivity index (χ0v) is 10.8. The Morgan fingerprint density at radius 1 is 1.47 bits per heavy atom.